The van der Waals surface area contributed by atoms with Crippen molar-refractivity contribution in [3.05, 3.63) is 0 Å². The van der Waals surface area contributed by atoms with Crippen LogP contribution in [0.5, 0.6) is 0 Å². The van der Waals surface area contributed by atoms with Crippen LogP contribution in [-0.2, 0) is 9.59 Å². The Kier molecular flexibility index (Phi) is 7.81. The van der Waals surface area contributed by atoms with E-state index in [0.29, 0.717) is 12.5 Å². The van der Waals surface area contributed by atoms with Gasteiger partial charge in [0.15, 0.2) is 0 Å². The Morgan fingerprint density at radius 1 is 1.17 bits per heavy atom. The lowest BCUT2D eigenvalue weighted by molar-refractivity contribution is -0.135. The summed E-state index contributed by atoms with van der Waals surface area (Å²) in [5.41, 5.74) is -0.351. The second-order valence-electron chi connectivity index (χ2n) is 7.76. The van der Waals surface area contributed by atoms with E-state index in [2.05, 4.69) is 10.6 Å². The van der Waals surface area contributed by atoms with Gasteiger partial charge in [-0.05, 0) is 38.1 Å². The molecule has 0 bridgehead atoms. The van der Waals surface area contributed by atoms with E-state index in [1.54, 1.807) is 0 Å². The Morgan fingerprint density at radius 2 is 1.91 bits per heavy atom. The van der Waals surface area contributed by atoms with E-state index in [1.807, 2.05) is 25.7 Å². The SMILES string of the molecule is CC(C)(C)C(=O)NCC1CCCN(C(=O)C2CCCCN2)C1.Cl. The summed E-state index contributed by atoms with van der Waals surface area (Å²) in [5.74, 6) is 0.726. The lowest BCUT2D eigenvalue weighted by Gasteiger charge is -2.36. The van der Waals surface area contributed by atoms with E-state index < -0.39 is 0 Å². The van der Waals surface area contributed by atoms with E-state index >= 15 is 0 Å². The van der Waals surface area contributed by atoms with E-state index in [0.717, 1.165) is 45.3 Å². The molecule has 0 saturated carbocycles. The van der Waals surface area contributed by atoms with Crippen LogP contribution in [0.4, 0.5) is 0 Å². The molecule has 6 heteroatoms. The van der Waals surface area contributed by atoms with Crippen LogP contribution in [0.3, 0.4) is 0 Å². The molecule has 2 aliphatic heterocycles. The first-order chi connectivity index (χ1) is 10.4. The van der Waals surface area contributed by atoms with Gasteiger partial charge in [0, 0.05) is 25.0 Å². The smallest absolute Gasteiger partial charge is 0.239 e. The predicted octanol–water partition coefficient (Wildman–Crippen LogP) is 1.95. The molecule has 0 aromatic rings. The third kappa shape index (κ3) is 5.96. The van der Waals surface area contributed by atoms with E-state index in [-0.39, 0.29) is 35.7 Å². The number of halogens is 1. The van der Waals surface area contributed by atoms with Crippen molar-refractivity contribution in [2.45, 2.75) is 58.9 Å². The molecule has 2 saturated heterocycles. The van der Waals surface area contributed by atoms with Crippen LogP contribution < -0.4 is 10.6 Å². The first-order valence-electron chi connectivity index (χ1n) is 8.68. The van der Waals surface area contributed by atoms with Crippen molar-refractivity contribution in [3.63, 3.8) is 0 Å². The monoisotopic (exact) mass is 345 g/mol. The van der Waals surface area contributed by atoms with Crippen molar-refractivity contribution in [1.29, 1.82) is 0 Å². The zero-order chi connectivity index (χ0) is 16.2. The molecule has 23 heavy (non-hydrogen) atoms. The first-order valence-corrected chi connectivity index (χ1v) is 8.68. The number of carbonyl (C=O) groups excluding carboxylic acids is 2. The Labute approximate surface area is 146 Å². The van der Waals surface area contributed by atoms with Gasteiger partial charge in [0.2, 0.25) is 11.8 Å². The molecular formula is C17H32ClN3O2. The number of rotatable bonds is 3. The van der Waals surface area contributed by atoms with Crippen LogP contribution in [0.2, 0.25) is 0 Å². The van der Waals surface area contributed by atoms with Gasteiger partial charge in [-0.3, -0.25) is 9.59 Å². The fourth-order valence-electron chi connectivity index (χ4n) is 3.22. The highest BCUT2D eigenvalue weighted by molar-refractivity contribution is 5.85. The molecule has 2 heterocycles. The van der Waals surface area contributed by atoms with Crippen LogP contribution in [-0.4, -0.2) is 48.9 Å². The van der Waals surface area contributed by atoms with E-state index in [1.165, 1.54) is 6.42 Å². The quantitative estimate of drug-likeness (QED) is 0.821. The van der Waals surface area contributed by atoms with Gasteiger partial charge < -0.3 is 15.5 Å². The minimum atomic E-state index is -0.351. The minimum absolute atomic E-state index is 0. The summed E-state index contributed by atoms with van der Waals surface area (Å²) in [6.45, 7) is 9.05. The number of amides is 2. The molecule has 2 aliphatic rings. The van der Waals surface area contributed by atoms with Gasteiger partial charge in [-0.2, -0.15) is 0 Å². The van der Waals surface area contributed by atoms with Crippen molar-refractivity contribution >= 4 is 24.2 Å². The molecular weight excluding hydrogens is 314 g/mol. The number of likely N-dealkylation sites (tertiary alicyclic amines) is 1. The molecule has 5 nitrogen and oxygen atoms in total. The van der Waals surface area contributed by atoms with Crippen LogP contribution in [0.25, 0.3) is 0 Å². The molecule has 134 valence electrons. The third-order valence-electron chi connectivity index (χ3n) is 4.67. The third-order valence-corrected chi connectivity index (χ3v) is 4.67. The maximum atomic E-state index is 12.6. The predicted molar refractivity (Wildman–Crippen MR) is 94.7 cm³/mol. The first kappa shape index (κ1) is 20.2. The average Bonchev–Trinajstić information content (AvgIpc) is 2.52. The van der Waals surface area contributed by atoms with E-state index in [9.17, 15) is 9.59 Å². The van der Waals surface area contributed by atoms with Crippen molar-refractivity contribution < 1.29 is 9.59 Å². The summed E-state index contributed by atoms with van der Waals surface area (Å²) in [4.78, 5) is 26.5. The number of nitrogens with zero attached hydrogens (tertiary/aromatic N) is 1. The molecule has 0 aliphatic carbocycles. The molecule has 0 spiro atoms. The summed E-state index contributed by atoms with van der Waals surface area (Å²) in [6, 6.07) is 0.0108. The van der Waals surface area contributed by atoms with Gasteiger partial charge in [0.1, 0.15) is 0 Å². The number of piperidine rings is 2. The lowest BCUT2D eigenvalue weighted by atomic mass is 9.93. The molecule has 0 aromatic heterocycles. The summed E-state index contributed by atoms with van der Waals surface area (Å²) in [5, 5.41) is 6.38. The fourth-order valence-corrected chi connectivity index (χ4v) is 3.22. The summed E-state index contributed by atoms with van der Waals surface area (Å²) >= 11 is 0. The maximum absolute atomic E-state index is 12.6. The average molecular weight is 346 g/mol. The zero-order valence-corrected chi connectivity index (χ0v) is 15.5. The molecule has 2 amide bonds. The Balaban J connectivity index is 0.00000264. The van der Waals surface area contributed by atoms with Crippen molar-refractivity contribution in [3.8, 4) is 0 Å². The van der Waals surface area contributed by atoms with Gasteiger partial charge in [-0.15, -0.1) is 12.4 Å². The topological polar surface area (TPSA) is 61.4 Å². The van der Waals surface area contributed by atoms with Crippen molar-refractivity contribution in [1.82, 2.24) is 15.5 Å². The maximum Gasteiger partial charge on any atom is 0.239 e. The molecule has 2 rings (SSSR count). The normalized spacial score (nSPS) is 25.4. The number of hydrogen-bond acceptors (Lipinski definition) is 3. The Morgan fingerprint density at radius 3 is 2.52 bits per heavy atom. The second kappa shape index (κ2) is 8.88. The minimum Gasteiger partial charge on any atom is -0.355 e. The zero-order valence-electron chi connectivity index (χ0n) is 14.7. The molecule has 2 unspecified atom stereocenters. The van der Waals surface area contributed by atoms with Gasteiger partial charge in [0.05, 0.1) is 6.04 Å². The highest BCUT2D eigenvalue weighted by atomic mass is 35.5. The van der Waals surface area contributed by atoms with Crippen LogP contribution in [0, 0.1) is 11.3 Å². The molecule has 0 radical (unpaired) electrons. The summed E-state index contributed by atoms with van der Waals surface area (Å²) in [6.07, 6.45) is 5.40. The number of nitrogens with one attached hydrogen (secondary N) is 2. The summed E-state index contributed by atoms with van der Waals surface area (Å²) in [7, 11) is 0. The van der Waals surface area contributed by atoms with Gasteiger partial charge >= 0.3 is 0 Å². The van der Waals surface area contributed by atoms with Gasteiger partial charge in [-0.1, -0.05) is 27.2 Å². The largest absolute Gasteiger partial charge is 0.355 e. The highest BCUT2D eigenvalue weighted by Crippen LogP contribution is 2.19. The molecule has 2 N–H and O–H groups in total. The standard InChI is InChI=1S/C17H31N3O2.ClH/c1-17(2,3)16(22)19-11-13-7-6-10-20(12-13)15(21)14-8-4-5-9-18-14;/h13-14,18H,4-12H2,1-3H3,(H,19,22);1H. The molecule has 0 aromatic carbocycles. The molecule has 2 fully saturated rings. The lowest BCUT2D eigenvalue weighted by Crippen LogP contribution is -2.52. The van der Waals surface area contributed by atoms with E-state index in [4.69, 9.17) is 0 Å². The van der Waals surface area contributed by atoms with Crippen LogP contribution in [0.15, 0.2) is 0 Å². The number of carbonyl (C=O) groups is 2. The highest BCUT2D eigenvalue weighted by Gasteiger charge is 2.30. The molecule has 2 atom stereocenters. The second-order valence-corrected chi connectivity index (χ2v) is 7.76. The number of hydrogen-bond donors (Lipinski definition) is 2. The van der Waals surface area contributed by atoms with Crippen molar-refractivity contribution in [2.24, 2.45) is 11.3 Å². The van der Waals surface area contributed by atoms with Crippen LogP contribution in [0.1, 0.15) is 52.9 Å². The van der Waals surface area contributed by atoms with Crippen molar-refractivity contribution in [2.75, 3.05) is 26.2 Å². The Hall–Kier alpha value is -0.810. The fraction of sp³-hybridized carbons (Fsp3) is 0.882. The Bertz CT molecular complexity index is 403. The van der Waals surface area contributed by atoms with Gasteiger partial charge in [-0.25, -0.2) is 0 Å². The van der Waals surface area contributed by atoms with Crippen LogP contribution >= 0.6 is 12.4 Å². The van der Waals surface area contributed by atoms with Gasteiger partial charge in [0.25, 0.3) is 0 Å². The summed E-state index contributed by atoms with van der Waals surface area (Å²) < 4.78 is 0.